The van der Waals surface area contributed by atoms with Gasteiger partial charge in [-0.1, -0.05) is 45.2 Å². The number of rotatable bonds is 2. The van der Waals surface area contributed by atoms with Gasteiger partial charge in [-0.2, -0.15) is 0 Å². The van der Waals surface area contributed by atoms with Crippen LogP contribution < -0.4 is 0 Å². The Morgan fingerprint density at radius 3 is 2.64 bits per heavy atom. The molecule has 0 fully saturated rings. The van der Waals surface area contributed by atoms with E-state index < -0.39 is 0 Å². The van der Waals surface area contributed by atoms with Crippen LogP contribution in [0.25, 0.3) is 6.08 Å². The van der Waals surface area contributed by atoms with E-state index in [0.717, 1.165) is 20.6 Å². The van der Waals surface area contributed by atoms with Gasteiger partial charge in [-0.05, 0) is 31.5 Å². The van der Waals surface area contributed by atoms with Crippen LogP contribution in [0, 0.1) is 0 Å². The largest absolute Gasteiger partial charge is 0.118 e. The van der Waals surface area contributed by atoms with Crippen molar-refractivity contribution < 1.29 is 0 Å². The van der Waals surface area contributed by atoms with Crippen molar-refractivity contribution in [2.24, 2.45) is 0 Å². The lowest BCUT2D eigenvalue weighted by Crippen LogP contribution is -1.91. The molecule has 3 heteroatoms. The number of alkyl halides is 1. The second-order valence-corrected chi connectivity index (χ2v) is 5.12. The van der Waals surface area contributed by atoms with Crippen LogP contribution in [0.1, 0.15) is 19.4 Å². The van der Waals surface area contributed by atoms with Crippen molar-refractivity contribution in [2.45, 2.75) is 19.2 Å². The normalized spacial score (nSPS) is 14.2. The van der Waals surface area contributed by atoms with Crippen molar-refractivity contribution in [2.75, 3.05) is 0 Å². The third-order valence-electron chi connectivity index (χ3n) is 1.97. The Kier molecular flexibility index (Phi) is 4.49. The molecule has 14 heavy (non-hydrogen) atoms. The average molecular weight is 294 g/mol. The topological polar surface area (TPSA) is 0 Å². The fourth-order valence-electron chi connectivity index (χ4n) is 0.979. The maximum atomic E-state index is 5.95. The standard InChI is InChI=1S/C11H11BrCl2/c1-7(8(2)13)5-9-3-4-10(14)6-11(9)12/h3-6,8H,1-2H3/b7-5+. The maximum Gasteiger partial charge on any atom is 0.0517 e. The smallest absolute Gasteiger partial charge is 0.0517 e. The summed E-state index contributed by atoms with van der Waals surface area (Å²) >= 11 is 15.2. The van der Waals surface area contributed by atoms with E-state index in [4.69, 9.17) is 23.2 Å². The molecule has 0 aromatic heterocycles. The highest BCUT2D eigenvalue weighted by atomic mass is 79.9. The van der Waals surface area contributed by atoms with Gasteiger partial charge in [0, 0.05) is 9.50 Å². The van der Waals surface area contributed by atoms with Gasteiger partial charge < -0.3 is 0 Å². The van der Waals surface area contributed by atoms with Crippen LogP contribution in [0.5, 0.6) is 0 Å². The van der Waals surface area contributed by atoms with Gasteiger partial charge in [0.1, 0.15) is 0 Å². The van der Waals surface area contributed by atoms with E-state index in [-0.39, 0.29) is 5.38 Å². The summed E-state index contributed by atoms with van der Waals surface area (Å²) in [5.41, 5.74) is 2.23. The average Bonchev–Trinajstić information content (AvgIpc) is 2.09. The van der Waals surface area contributed by atoms with Gasteiger partial charge in [0.15, 0.2) is 0 Å². The highest BCUT2D eigenvalue weighted by Gasteiger charge is 2.02. The first-order chi connectivity index (χ1) is 6.50. The number of benzene rings is 1. The van der Waals surface area contributed by atoms with Crippen molar-refractivity contribution in [1.29, 1.82) is 0 Å². The van der Waals surface area contributed by atoms with Crippen LogP contribution in [0.4, 0.5) is 0 Å². The van der Waals surface area contributed by atoms with Crippen LogP contribution in [0.2, 0.25) is 5.02 Å². The Bertz CT molecular complexity index is 356. The Morgan fingerprint density at radius 2 is 2.14 bits per heavy atom. The summed E-state index contributed by atoms with van der Waals surface area (Å²) in [6, 6.07) is 5.71. The maximum absolute atomic E-state index is 5.95. The van der Waals surface area contributed by atoms with E-state index in [1.807, 2.05) is 32.0 Å². The highest BCUT2D eigenvalue weighted by molar-refractivity contribution is 9.10. The van der Waals surface area contributed by atoms with E-state index in [0.29, 0.717) is 0 Å². The summed E-state index contributed by atoms with van der Waals surface area (Å²) < 4.78 is 0.988. The third kappa shape index (κ3) is 3.30. The van der Waals surface area contributed by atoms with Gasteiger partial charge in [0.2, 0.25) is 0 Å². The minimum absolute atomic E-state index is 0.0533. The van der Waals surface area contributed by atoms with E-state index in [1.165, 1.54) is 0 Å². The molecule has 0 radical (unpaired) electrons. The summed E-state index contributed by atoms with van der Waals surface area (Å²) in [4.78, 5) is 0. The van der Waals surface area contributed by atoms with Crippen molar-refractivity contribution in [1.82, 2.24) is 0 Å². The molecule has 76 valence electrons. The SMILES string of the molecule is C/C(=C\c1ccc(Cl)cc1Br)C(C)Cl. The van der Waals surface area contributed by atoms with Crippen molar-refractivity contribution >= 4 is 45.2 Å². The predicted molar refractivity (Wildman–Crippen MR) is 68.1 cm³/mol. The molecule has 0 aliphatic rings. The molecule has 1 atom stereocenters. The zero-order chi connectivity index (χ0) is 10.7. The summed E-state index contributed by atoms with van der Waals surface area (Å²) in [6.45, 7) is 3.97. The summed E-state index contributed by atoms with van der Waals surface area (Å²) in [5.74, 6) is 0. The molecular formula is C11H11BrCl2. The second kappa shape index (κ2) is 5.20. The molecule has 0 amide bonds. The molecule has 0 aliphatic carbocycles. The summed E-state index contributed by atoms with van der Waals surface area (Å²) in [5, 5.41) is 0.781. The quantitative estimate of drug-likeness (QED) is 0.663. The minimum Gasteiger partial charge on any atom is -0.118 e. The Hall–Kier alpha value is 0.0200. The molecule has 1 aromatic rings. The van der Waals surface area contributed by atoms with Crippen molar-refractivity contribution in [3.63, 3.8) is 0 Å². The van der Waals surface area contributed by atoms with Gasteiger partial charge in [-0.3, -0.25) is 0 Å². The molecule has 0 nitrogen and oxygen atoms in total. The van der Waals surface area contributed by atoms with Gasteiger partial charge in [-0.15, -0.1) is 11.6 Å². The summed E-state index contributed by atoms with van der Waals surface area (Å²) in [7, 11) is 0. The molecule has 0 spiro atoms. The zero-order valence-electron chi connectivity index (χ0n) is 8.02. The highest BCUT2D eigenvalue weighted by Crippen LogP contribution is 2.24. The number of hydrogen-bond donors (Lipinski definition) is 0. The molecule has 0 saturated heterocycles. The van der Waals surface area contributed by atoms with Gasteiger partial charge in [-0.25, -0.2) is 0 Å². The third-order valence-corrected chi connectivity index (χ3v) is 3.24. The van der Waals surface area contributed by atoms with Crippen LogP contribution in [0.3, 0.4) is 0 Å². The lowest BCUT2D eigenvalue weighted by atomic mass is 10.1. The van der Waals surface area contributed by atoms with E-state index in [9.17, 15) is 0 Å². The van der Waals surface area contributed by atoms with E-state index >= 15 is 0 Å². The molecule has 1 aromatic carbocycles. The number of hydrogen-bond acceptors (Lipinski definition) is 0. The van der Waals surface area contributed by atoms with Gasteiger partial charge in [0.05, 0.1) is 5.38 Å². The molecular weight excluding hydrogens is 283 g/mol. The Labute approximate surface area is 103 Å². The lowest BCUT2D eigenvalue weighted by molar-refractivity contribution is 1.12. The van der Waals surface area contributed by atoms with E-state index in [1.54, 1.807) is 0 Å². The van der Waals surface area contributed by atoms with Crippen LogP contribution >= 0.6 is 39.1 Å². The lowest BCUT2D eigenvalue weighted by Gasteiger charge is -2.04. The Balaban J connectivity index is 3.03. The zero-order valence-corrected chi connectivity index (χ0v) is 11.1. The monoisotopic (exact) mass is 292 g/mol. The first-order valence-corrected chi connectivity index (χ1v) is 5.88. The van der Waals surface area contributed by atoms with Crippen molar-refractivity contribution in [3.05, 3.63) is 38.8 Å². The second-order valence-electron chi connectivity index (χ2n) is 3.17. The Morgan fingerprint density at radius 1 is 1.50 bits per heavy atom. The molecule has 0 aliphatic heterocycles. The van der Waals surface area contributed by atoms with Gasteiger partial charge in [0.25, 0.3) is 0 Å². The molecule has 0 heterocycles. The fraction of sp³-hybridized carbons (Fsp3) is 0.273. The van der Waals surface area contributed by atoms with Crippen LogP contribution in [-0.2, 0) is 0 Å². The van der Waals surface area contributed by atoms with E-state index in [2.05, 4.69) is 22.0 Å². The summed E-state index contributed by atoms with van der Waals surface area (Å²) in [6.07, 6.45) is 2.05. The first kappa shape index (κ1) is 12.1. The minimum atomic E-state index is 0.0533. The fourth-order valence-corrected chi connectivity index (χ4v) is 1.84. The number of allylic oxidation sites excluding steroid dienone is 1. The molecule has 1 unspecified atom stereocenters. The molecule has 0 N–H and O–H groups in total. The molecule has 1 rings (SSSR count). The van der Waals surface area contributed by atoms with Gasteiger partial charge >= 0.3 is 0 Å². The number of halogens is 3. The van der Waals surface area contributed by atoms with Crippen molar-refractivity contribution in [3.8, 4) is 0 Å². The van der Waals surface area contributed by atoms with Crippen LogP contribution in [0.15, 0.2) is 28.2 Å². The first-order valence-electron chi connectivity index (χ1n) is 4.28. The molecule has 0 saturated carbocycles. The molecule has 0 bridgehead atoms. The predicted octanol–water partition coefficient (Wildman–Crippen LogP) is 5.13. The van der Waals surface area contributed by atoms with Crippen LogP contribution in [-0.4, -0.2) is 5.38 Å².